The predicted molar refractivity (Wildman–Crippen MR) is 52.2 cm³/mol. The minimum atomic E-state index is -3.98. The number of pyridine rings is 1. The zero-order valence-electron chi connectivity index (χ0n) is 6.78. The molecule has 1 aromatic heterocycles. The smallest absolute Gasteiger partial charge is 0.256 e. The van der Waals surface area contributed by atoms with Crippen LogP contribution >= 0.6 is 23.2 Å². The van der Waals surface area contributed by atoms with Crippen molar-refractivity contribution in [3.63, 3.8) is 0 Å². The standard InChI is InChI=1S/C6H6Cl2N2O3S/c7-4-1-5(8)6(10-2-4)3-13-14(9,11)12/h1-2H,3H2,(H2,9,11,12). The topological polar surface area (TPSA) is 82.3 Å². The number of halogens is 2. The van der Waals surface area contributed by atoms with Gasteiger partial charge < -0.3 is 0 Å². The summed E-state index contributed by atoms with van der Waals surface area (Å²) in [7, 11) is -3.98. The Morgan fingerprint density at radius 2 is 2.14 bits per heavy atom. The molecule has 0 aliphatic carbocycles. The molecule has 0 aliphatic rings. The lowest BCUT2D eigenvalue weighted by atomic mass is 10.4. The van der Waals surface area contributed by atoms with Gasteiger partial charge >= 0.3 is 10.3 Å². The van der Waals surface area contributed by atoms with Crippen molar-refractivity contribution in [2.45, 2.75) is 6.61 Å². The van der Waals surface area contributed by atoms with Crippen LogP contribution < -0.4 is 5.14 Å². The van der Waals surface area contributed by atoms with E-state index in [1.807, 2.05) is 0 Å². The third-order valence-electron chi connectivity index (χ3n) is 1.24. The highest BCUT2D eigenvalue weighted by molar-refractivity contribution is 7.84. The third kappa shape index (κ3) is 3.77. The minimum absolute atomic E-state index is 0.223. The van der Waals surface area contributed by atoms with E-state index in [4.69, 9.17) is 23.2 Å². The van der Waals surface area contributed by atoms with E-state index in [1.165, 1.54) is 12.3 Å². The van der Waals surface area contributed by atoms with Crippen LogP contribution in [0.25, 0.3) is 0 Å². The van der Waals surface area contributed by atoms with E-state index in [1.54, 1.807) is 0 Å². The number of hydrogen-bond donors (Lipinski definition) is 1. The van der Waals surface area contributed by atoms with E-state index < -0.39 is 10.3 Å². The van der Waals surface area contributed by atoms with E-state index in [-0.39, 0.29) is 17.3 Å². The molecule has 8 heteroatoms. The Balaban J connectivity index is 2.78. The molecular formula is C6H6Cl2N2O3S. The molecule has 14 heavy (non-hydrogen) atoms. The lowest BCUT2D eigenvalue weighted by Gasteiger charge is -2.02. The van der Waals surface area contributed by atoms with Crippen molar-refractivity contribution in [2.24, 2.45) is 5.14 Å². The summed E-state index contributed by atoms with van der Waals surface area (Å²) >= 11 is 11.3. The Hall–Kier alpha value is -0.400. The lowest BCUT2D eigenvalue weighted by molar-refractivity contribution is 0.304. The summed E-state index contributed by atoms with van der Waals surface area (Å²) in [5.74, 6) is 0. The van der Waals surface area contributed by atoms with Crippen molar-refractivity contribution in [1.29, 1.82) is 0 Å². The van der Waals surface area contributed by atoms with Crippen LogP contribution in [0, 0.1) is 0 Å². The number of nitrogens with zero attached hydrogens (tertiary/aromatic N) is 1. The van der Waals surface area contributed by atoms with Gasteiger partial charge in [-0.2, -0.15) is 8.42 Å². The summed E-state index contributed by atoms with van der Waals surface area (Å²) in [6, 6.07) is 1.43. The molecule has 0 aromatic carbocycles. The molecule has 2 N–H and O–H groups in total. The average molecular weight is 257 g/mol. The van der Waals surface area contributed by atoms with Crippen molar-refractivity contribution < 1.29 is 12.6 Å². The van der Waals surface area contributed by atoms with Gasteiger partial charge in [-0.1, -0.05) is 23.2 Å². The molecule has 78 valence electrons. The van der Waals surface area contributed by atoms with Crippen LogP contribution in [0.15, 0.2) is 12.3 Å². The first kappa shape index (κ1) is 11.7. The number of rotatable bonds is 3. The molecule has 0 saturated heterocycles. The summed E-state index contributed by atoms with van der Waals surface area (Å²) in [6.45, 7) is -0.311. The van der Waals surface area contributed by atoms with Crippen molar-refractivity contribution >= 4 is 33.5 Å². The van der Waals surface area contributed by atoms with Gasteiger partial charge in [0.2, 0.25) is 0 Å². The number of aromatic nitrogens is 1. The van der Waals surface area contributed by atoms with Crippen LogP contribution in [0.3, 0.4) is 0 Å². The van der Waals surface area contributed by atoms with Gasteiger partial charge in [0.1, 0.15) is 6.61 Å². The maximum Gasteiger partial charge on any atom is 0.333 e. The minimum Gasteiger partial charge on any atom is -0.256 e. The summed E-state index contributed by atoms with van der Waals surface area (Å²) in [5, 5.41) is 5.20. The fourth-order valence-electron chi connectivity index (χ4n) is 0.687. The van der Waals surface area contributed by atoms with E-state index >= 15 is 0 Å². The highest BCUT2D eigenvalue weighted by Crippen LogP contribution is 2.19. The van der Waals surface area contributed by atoms with Crippen LogP contribution in [0.4, 0.5) is 0 Å². The fraction of sp³-hybridized carbons (Fsp3) is 0.167. The van der Waals surface area contributed by atoms with Crippen LogP contribution in [-0.2, 0) is 21.1 Å². The van der Waals surface area contributed by atoms with Gasteiger partial charge in [-0.25, -0.2) is 5.14 Å². The monoisotopic (exact) mass is 256 g/mol. The molecule has 1 rings (SSSR count). The molecule has 5 nitrogen and oxygen atoms in total. The molecule has 0 radical (unpaired) electrons. The van der Waals surface area contributed by atoms with Gasteiger partial charge in [0, 0.05) is 6.20 Å². The van der Waals surface area contributed by atoms with Crippen LogP contribution in [0.1, 0.15) is 5.69 Å². The van der Waals surface area contributed by atoms with Crippen LogP contribution in [0.2, 0.25) is 10.0 Å². The van der Waals surface area contributed by atoms with Crippen molar-refractivity contribution in [2.75, 3.05) is 0 Å². The molecule has 1 aromatic rings. The summed E-state index contributed by atoms with van der Waals surface area (Å²) < 4.78 is 25.2. The van der Waals surface area contributed by atoms with E-state index in [9.17, 15) is 8.42 Å². The third-order valence-corrected chi connectivity index (χ3v) is 2.22. The van der Waals surface area contributed by atoms with E-state index in [0.717, 1.165) is 0 Å². The highest BCUT2D eigenvalue weighted by atomic mass is 35.5. The Bertz CT molecular complexity index is 435. The maximum atomic E-state index is 10.4. The summed E-state index contributed by atoms with van der Waals surface area (Å²) in [5.41, 5.74) is 0.255. The molecule has 0 unspecified atom stereocenters. The molecule has 1 heterocycles. The quantitative estimate of drug-likeness (QED) is 0.879. The Labute approximate surface area is 91.0 Å². The normalized spacial score (nSPS) is 11.6. The fourth-order valence-corrected chi connectivity index (χ4v) is 1.40. The first-order valence-electron chi connectivity index (χ1n) is 3.35. The second kappa shape index (κ2) is 4.41. The van der Waals surface area contributed by atoms with Gasteiger partial charge in [-0.15, -0.1) is 0 Å². The first-order chi connectivity index (χ1) is 6.38. The predicted octanol–water partition coefficient (Wildman–Crippen LogP) is 1.11. The average Bonchev–Trinajstić information content (AvgIpc) is 2.00. The Kier molecular flexibility index (Phi) is 3.68. The summed E-state index contributed by atoms with van der Waals surface area (Å²) in [4.78, 5) is 3.77. The molecular weight excluding hydrogens is 251 g/mol. The number of nitrogens with two attached hydrogens (primary N) is 1. The van der Waals surface area contributed by atoms with E-state index in [2.05, 4.69) is 14.3 Å². The van der Waals surface area contributed by atoms with Gasteiger partial charge in [-0.05, 0) is 6.07 Å². The summed E-state index contributed by atoms with van der Waals surface area (Å²) in [6.07, 6.45) is 1.33. The number of hydrogen-bond acceptors (Lipinski definition) is 4. The highest BCUT2D eigenvalue weighted by Gasteiger charge is 2.07. The first-order valence-corrected chi connectivity index (χ1v) is 5.58. The van der Waals surface area contributed by atoms with Gasteiger partial charge in [0.15, 0.2) is 0 Å². The second-order valence-electron chi connectivity index (χ2n) is 2.34. The largest absolute Gasteiger partial charge is 0.333 e. The van der Waals surface area contributed by atoms with E-state index in [0.29, 0.717) is 5.02 Å². The van der Waals surface area contributed by atoms with Gasteiger partial charge in [0.25, 0.3) is 0 Å². The maximum absolute atomic E-state index is 10.4. The van der Waals surface area contributed by atoms with Crippen molar-refractivity contribution in [1.82, 2.24) is 4.98 Å². The molecule has 0 spiro atoms. The molecule has 0 saturated carbocycles. The zero-order chi connectivity index (χ0) is 10.8. The molecule has 0 aliphatic heterocycles. The molecule has 0 amide bonds. The Morgan fingerprint density at radius 1 is 1.50 bits per heavy atom. The van der Waals surface area contributed by atoms with Crippen LogP contribution in [0.5, 0.6) is 0 Å². The Morgan fingerprint density at radius 3 is 2.64 bits per heavy atom. The second-order valence-corrected chi connectivity index (χ2v) is 4.40. The van der Waals surface area contributed by atoms with Crippen LogP contribution in [-0.4, -0.2) is 13.4 Å². The lowest BCUT2D eigenvalue weighted by Crippen LogP contribution is -2.16. The van der Waals surface area contributed by atoms with Gasteiger partial charge in [0.05, 0.1) is 15.7 Å². The molecule has 0 atom stereocenters. The SMILES string of the molecule is NS(=O)(=O)OCc1ncc(Cl)cc1Cl. The molecule has 0 fully saturated rings. The zero-order valence-corrected chi connectivity index (χ0v) is 9.10. The molecule has 0 bridgehead atoms. The van der Waals surface area contributed by atoms with Gasteiger partial charge in [-0.3, -0.25) is 9.17 Å². The van der Waals surface area contributed by atoms with Crippen molar-refractivity contribution in [3.8, 4) is 0 Å². The van der Waals surface area contributed by atoms with Crippen molar-refractivity contribution in [3.05, 3.63) is 28.0 Å².